The summed E-state index contributed by atoms with van der Waals surface area (Å²) in [7, 11) is 3.17. The van der Waals surface area contributed by atoms with Crippen LogP contribution in [0, 0.1) is 0 Å². The minimum atomic E-state index is -0.108. The first-order chi connectivity index (χ1) is 12.2. The molecule has 1 aliphatic rings. The summed E-state index contributed by atoms with van der Waals surface area (Å²) in [6, 6.07) is 15.5. The Bertz CT molecular complexity index is 691. The molecule has 2 aromatic rings. The Morgan fingerprint density at radius 2 is 1.52 bits per heavy atom. The normalized spacial score (nSPS) is 14.2. The molecule has 0 saturated carbocycles. The largest absolute Gasteiger partial charge is 0.497 e. The summed E-state index contributed by atoms with van der Waals surface area (Å²) in [6.07, 6.45) is 0. The molecule has 6 nitrogen and oxygen atoms in total. The van der Waals surface area contributed by atoms with E-state index in [1.807, 2.05) is 23.1 Å². The van der Waals surface area contributed by atoms with Gasteiger partial charge in [-0.2, -0.15) is 0 Å². The second-order valence-corrected chi connectivity index (χ2v) is 5.84. The molecule has 0 spiro atoms. The highest BCUT2D eigenvalue weighted by Crippen LogP contribution is 2.26. The van der Waals surface area contributed by atoms with Gasteiger partial charge in [-0.1, -0.05) is 18.2 Å². The molecule has 0 aromatic heterocycles. The number of methoxy groups -OCH3 is 2. The predicted molar refractivity (Wildman–Crippen MR) is 98.8 cm³/mol. The van der Waals surface area contributed by atoms with Gasteiger partial charge in [0.25, 0.3) is 0 Å². The molecule has 1 aliphatic heterocycles. The zero-order valence-corrected chi connectivity index (χ0v) is 14.6. The quantitative estimate of drug-likeness (QED) is 0.929. The summed E-state index contributed by atoms with van der Waals surface area (Å²) in [5, 5.41) is 2.92. The van der Waals surface area contributed by atoms with Crippen molar-refractivity contribution in [1.29, 1.82) is 0 Å². The lowest BCUT2D eigenvalue weighted by Crippen LogP contribution is -2.50. The number of nitrogens with zero attached hydrogens (tertiary/aromatic N) is 2. The van der Waals surface area contributed by atoms with E-state index < -0.39 is 0 Å². The van der Waals surface area contributed by atoms with Crippen molar-refractivity contribution < 1.29 is 14.3 Å². The van der Waals surface area contributed by atoms with E-state index in [9.17, 15) is 4.79 Å². The van der Waals surface area contributed by atoms with Crippen LogP contribution in [-0.4, -0.2) is 51.3 Å². The van der Waals surface area contributed by atoms with Gasteiger partial charge in [-0.25, -0.2) is 4.79 Å². The van der Waals surface area contributed by atoms with E-state index in [-0.39, 0.29) is 6.03 Å². The van der Waals surface area contributed by atoms with Crippen LogP contribution in [0.25, 0.3) is 0 Å². The highest BCUT2D eigenvalue weighted by atomic mass is 16.5. The first-order valence-electron chi connectivity index (χ1n) is 8.28. The van der Waals surface area contributed by atoms with Crippen molar-refractivity contribution in [2.24, 2.45) is 0 Å². The van der Waals surface area contributed by atoms with Gasteiger partial charge in [0.15, 0.2) is 0 Å². The number of benzene rings is 2. The lowest BCUT2D eigenvalue weighted by Gasteiger charge is -2.36. The molecule has 1 saturated heterocycles. The monoisotopic (exact) mass is 341 g/mol. The number of ether oxygens (including phenoxy) is 2. The lowest BCUT2D eigenvalue weighted by atomic mass is 10.2. The third kappa shape index (κ3) is 4.15. The number of nitrogens with one attached hydrogen (secondary N) is 1. The third-order valence-corrected chi connectivity index (χ3v) is 4.29. The van der Waals surface area contributed by atoms with Crippen LogP contribution in [0.15, 0.2) is 48.5 Å². The zero-order valence-electron chi connectivity index (χ0n) is 14.6. The smallest absolute Gasteiger partial charge is 0.321 e. The first-order valence-corrected chi connectivity index (χ1v) is 8.28. The van der Waals surface area contributed by atoms with E-state index in [4.69, 9.17) is 9.47 Å². The van der Waals surface area contributed by atoms with Crippen molar-refractivity contribution in [3.8, 4) is 11.5 Å². The highest BCUT2D eigenvalue weighted by Gasteiger charge is 2.21. The van der Waals surface area contributed by atoms with Gasteiger partial charge >= 0.3 is 6.03 Å². The number of carbonyl (C=O) groups excluding carboxylic acids is 1. The van der Waals surface area contributed by atoms with Gasteiger partial charge < -0.3 is 24.6 Å². The molecular formula is C19H23N3O3. The van der Waals surface area contributed by atoms with Gasteiger partial charge in [0.2, 0.25) is 0 Å². The Labute approximate surface area is 147 Å². The van der Waals surface area contributed by atoms with Crippen molar-refractivity contribution >= 4 is 17.4 Å². The Morgan fingerprint density at radius 1 is 0.920 bits per heavy atom. The summed E-state index contributed by atoms with van der Waals surface area (Å²) in [5.41, 5.74) is 1.85. The van der Waals surface area contributed by atoms with Gasteiger partial charge in [-0.15, -0.1) is 0 Å². The van der Waals surface area contributed by atoms with Gasteiger partial charge in [-0.3, -0.25) is 0 Å². The number of para-hydroxylation sites is 1. The first kappa shape index (κ1) is 17.0. The molecule has 0 atom stereocenters. The Balaban J connectivity index is 1.60. The second-order valence-electron chi connectivity index (χ2n) is 5.84. The van der Waals surface area contributed by atoms with Gasteiger partial charge in [0, 0.05) is 55.8 Å². The van der Waals surface area contributed by atoms with Gasteiger partial charge in [0.1, 0.15) is 11.5 Å². The number of anilines is 2. The van der Waals surface area contributed by atoms with Crippen molar-refractivity contribution in [3.63, 3.8) is 0 Å². The fourth-order valence-electron chi connectivity index (χ4n) is 2.89. The van der Waals surface area contributed by atoms with E-state index in [0.29, 0.717) is 30.3 Å². The molecule has 2 amide bonds. The molecule has 0 bridgehead atoms. The van der Waals surface area contributed by atoms with Crippen LogP contribution in [0.2, 0.25) is 0 Å². The SMILES string of the molecule is COc1cc(NC(=O)N2CCN(c3ccccc3)CC2)cc(OC)c1. The van der Waals surface area contributed by atoms with Crippen LogP contribution in [0.1, 0.15) is 0 Å². The maximum absolute atomic E-state index is 12.5. The Morgan fingerprint density at radius 3 is 2.08 bits per heavy atom. The minimum absolute atomic E-state index is 0.108. The average Bonchev–Trinajstić information content (AvgIpc) is 2.68. The van der Waals surface area contributed by atoms with E-state index in [1.165, 1.54) is 5.69 Å². The van der Waals surface area contributed by atoms with Crippen LogP contribution in [0.5, 0.6) is 11.5 Å². The predicted octanol–water partition coefficient (Wildman–Crippen LogP) is 3.06. The van der Waals surface area contributed by atoms with Gasteiger partial charge in [0.05, 0.1) is 14.2 Å². The van der Waals surface area contributed by atoms with Crippen LogP contribution in [0.3, 0.4) is 0 Å². The molecule has 0 aliphatic carbocycles. The molecule has 1 heterocycles. The van der Waals surface area contributed by atoms with Crippen molar-refractivity contribution in [2.75, 3.05) is 50.6 Å². The standard InChI is InChI=1S/C19H23N3O3/c1-24-17-12-15(13-18(14-17)25-2)20-19(23)22-10-8-21(9-11-22)16-6-4-3-5-7-16/h3-7,12-14H,8-11H2,1-2H3,(H,20,23). The van der Waals surface area contributed by atoms with Crippen molar-refractivity contribution in [3.05, 3.63) is 48.5 Å². The van der Waals surface area contributed by atoms with Gasteiger partial charge in [-0.05, 0) is 12.1 Å². The van der Waals surface area contributed by atoms with E-state index >= 15 is 0 Å². The topological polar surface area (TPSA) is 54.0 Å². The van der Waals surface area contributed by atoms with Crippen LogP contribution >= 0.6 is 0 Å². The Kier molecular flexibility index (Phi) is 5.28. The fourth-order valence-corrected chi connectivity index (χ4v) is 2.89. The molecule has 132 valence electrons. The third-order valence-electron chi connectivity index (χ3n) is 4.29. The molecule has 25 heavy (non-hydrogen) atoms. The van der Waals surface area contributed by atoms with E-state index in [0.717, 1.165) is 13.1 Å². The molecule has 0 radical (unpaired) electrons. The minimum Gasteiger partial charge on any atom is -0.497 e. The zero-order chi connectivity index (χ0) is 17.6. The number of amides is 2. The molecule has 3 rings (SSSR count). The highest BCUT2D eigenvalue weighted by molar-refractivity contribution is 5.90. The number of urea groups is 1. The average molecular weight is 341 g/mol. The maximum atomic E-state index is 12.5. The maximum Gasteiger partial charge on any atom is 0.321 e. The number of hydrogen-bond acceptors (Lipinski definition) is 4. The second kappa shape index (κ2) is 7.79. The number of hydrogen-bond donors (Lipinski definition) is 1. The number of rotatable bonds is 4. The summed E-state index contributed by atoms with van der Waals surface area (Å²) in [4.78, 5) is 16.6. The summed E-state index contributed by atoms with van der Waals surface area (Å²) in [6.45, 7) is 3.00. The lowest BCUT2D eigenvalue weighted by molar-refractivity contribution is 0.208. The number of carbonyl (C=O) groups is 1. The number of piperazine rings is 1. The van der Waals surface area contributed by atoms with Crippen LogP contribution in [0.4, 0.5) is 16.2 Å². The molecular weight excluding hydrogens is 318 g/mol. The summed E-state index contributed by atoms with van der Waals surface area (Å²) >= 11 is 0. The summed E-state index contributed by atoms with van der Waals surface area (Å²) < 4.78 is 10.5. The van der Waals surface area contributed by atoms with E-state index in [1.54, 1.807) is 32.4 Å². The Hall–Kier alpha value is -2.89. The van der Waals surface area contributed by atoms with Crippen molar-refractivity contribution in [2.45, 2.75) is 0 Å². The van der Waals surface area contributed by atoms with Crippen LogP contribution < -0.4 is 19.7 Å². The molecule has 6 heteroatoms. The van der Waals surface area contributed by atoms with E-state index in [2.05, 4.69) is 22.3 Å². The molecule has 2 aromatic carbocycles. The summed E-state index contributed by atoms with van der Waals surface area (Å²) in [5.74, 6) is 1.28. The van der Waals surface area contributed by atoms with Crippen LogP contribution in [-0.2, 0) is 0 Å². The molecule has 0 unspecified atom stereocenters. The molecule has 1 fully saturated rings. The molecule has 1 N–H and O–H groups in total. The fraction of sp³-hybridized carbons (Fsp3) is 0.316. The van der Waals surface area contributed by atoms with Crippen molar-refractivity contribution in [1.82, 2.24) is 4.90 Å².